The molecular weight excluding hydrogens is 216 g/mol. The van der Waals surface area contributed by atoms with Crippen molar-refractivity contribution in [2.24, 2.45) is 0 Å². The van der Waals surface area contributed by atoms with Gasteiger partial charge in [-0.25, -0.2) is 0 Å². The molecule has 3 rings (SSSR count). The third-order valence-corrected chi connectivity index (χ3v) is 3.87. The molecule has 0 nitrogen and oxygen atoms in total. The van der Waals surface area contributed by atoms with Gasteiger partial charge in [-0.2, -0.15) is 0 Å². The fraction of sp³-hybridized carbons (Fsp3) is 0.222. The van der Waals surface area contributed by atoms with Gasteiger partial charge in [0.15, 0.2) is 0 Å². The Morgan fingerprint density at radius 3 is 1.89 bits per heavy atom. The molecule has 2 aromatic rings. The molecule has 0 aromatic heterocycles. The molecule has 0 N–H and O–H groups in total. The van der Waals surface area contributed by atoms with Gasteiger partial charge in [-0.05, 0) is 42.5 Å². The quantitative estimate of drug-likeness (QED) is 0.604. The SMILES string of the molecule is CC#CC1(C)c2ccccc2Cc2ccccc21. The average molecular weight is 232 g/mol. The highest BCUT2D eigenvalue weighted by molar-refractivity contribution is 5.57. The van der Waals surface area contributed by atoms with Crippen LogP contribution in [0.15, 0.2) is 48.5 Å². The molecule has 18 heavy (non-hydrogen) atoms. The van der Waals surface area contributed by atoms with Crippen molar-refractivity contribution in [3.63, 3.8) is 0 Å². The highest BCUT2D eigenvalue weighted by Gasteiger charge is 2.34. The maximum absolute atomic E-state index is 3.42. The van der Waals surface area contributed by atoms with E-state index in [2.05, 4.69) is 67.3 Å². The lowest BCUT2D eigenvalue weighted by Gasteiger charge is -2.34. The molecule has 0 heterocycles. The van der Waals surface area contributed by atoms with Crippen molar-refractivity contribution in [1.82, 2.24) is 0 Å². The van der Waals surface area contributed by atoms with Gasteiger partial charge in [0.1, 0.15) is 0 Å². The van der Waals surface area contributed by atoms with Gasteiger partial charge in [0.2, 0.25) is 0 Å². The normalized spacial score (nSPS) is 15.0. The minimum Gasteiger partial charge on any atom is -0.105 e. The summed E-state index contributed by atoms with van der Waals surface area (Å²) >= 11 is 0. The molecule has 0 saturated heterocycles. The summed E-state index contributed by atoms with van der Waals surface area (Å²) in [5.41, 5.74) is 5.36. The van der Waals surface area contributed by atoms with Gasteiger partial charge in [-0.3, -0.25) is 0 Å². The Labute approximate surface area is 109 Å². The van der Waals surface area contributed by atoms with Crippen LogP contribution >= 0.6 is 0 Å². The first-order valence-electron chi connectivity index (χ1n) is 6.36. The van der Waals surface area contributed by atoms with Crippen LogP contribution in [0.25, 0.3) is 0 Å². The van der Waals surface area contributed by atoms with E-state index in [1.165, 1.54) is 22.3 Å². The van der Waals surface area contributed by atoms with E-state index in [1.807, 2.05) is 6.92 Å². The topological polar surface area (TPSA) is 0 Å². The van der Waals surface area contributed by atoms with Crippen LogP contribution in [0, 0.1) is 11.8 Å². The Kier molecular flexibility index (Phi) is 2.49. The summed E-state index contributed by atoms with van der Waals surface area (Å²) in [5.74, 6) is 6.53. The van der Waals surface area contributed by atoms with Crippen LogP contribution in [0.5, 0.6) is 0 Å². The Morgan fingerprint density at radius 1 is 0.889 bits per heavy atom. The average Bonchev–Trinajstić information content (AvgIpc) is 2.40. The summed E-state index contributed by atoms with van der Waals surface area (Å²) in [6.45, 7) is 4.16. The number of hydrogen-bond donors (Lipinski definition) is 0. The molecular formula is C18H16. The van der Waals surface area contributed by atoms with E-state index in [-0.39, 0.29) is 5.41 Å². The maximum Gasteiger partial charge on any atom is 0.0789 e. The Hall–Kier alpha value is -2.00. The highest BCUT2D eigenvalue weighted by atomic mass is 14.4. The lowest BCUT2D eigenvalue weighted by molar-refractivity contribution is 0.708. The van der Waals surface area contributed by atoms with Crippen molar-refractivity contribution < 1.29 is 0 Å². The number of rotatable bonds is 0. The first-order valence-corrected chi connectivity index (χ1v) is 6.36. The molecule has 0 heteroatoms. The summed E-state index contributed by atoms with van der Waals surface area (Å²) in [7, 11) is 0. The third kappa shape index (κ3) is 1.48. The van der Waals surface area contributed by atoms with Crippen LogP contribution in [0.2, 0.25) is 0 Å². The van der Waals surface area contributed by atoms with Crippen LogP contribution < -0.4 is 0 Å². The zero-order valence-electron chi connectivity index (χ0n) is 10.8. The summed E-state index contributed by atoms with van der Waals surface area (Å²) < 4.78 is 0. The Balaban J connectivity index is 2.33. The van der Waals surface area contributed by atoms with E-state index in [0.29, 0.717) is 0 Å². The number of hydrogen-bond acceptors (Lipinski definition) is 0. The fourth-order valence-electron chi connectivity index (χ4n) is 3.06. The van der Waals surface area contributed by atoms with Crippen LogP contribution in [-0.4, -0.2) is 0 Å². The van der Waals surface area contributed by atoms with E-state index in [4.69, 9.17) is 0 Å². The van der Waals surface area contributed by atoms with E-state index in [1.54, 1.807) is 0 Å². The largest absolute Gasteiger partial charge is 0.105 e. The molecule has 0 atom stereocenters. The molecule has 0 aliphatic heterocycles. The van der Waals surface area contributed by atoms with Gasteiger partial charge in [0, 0.05) is 0 Å². The molecule has 0 unspecified atom stereocenters. The molecule has 1 aliphatic rings. The Bertz CT molecular complexity index is 607. The van der Waals surface area contributed by atoms with E-state index >= 15 is 0 Å². The van der Waals surface area contributed by atoms with E-state index in [9.17, 15) is 0 Å². The second-order valence-electron chi connectivity index (χ2n) is 4.99. The van der Waals surface area contributed by atoms with Crippen molar-refractivity contribution >= 4 is 0 Å². The van der Waals surface area contributed by atoms with E-state index < -0.39 is 0 Å². The predicted octanol–water partition coefficient (Wildman–Crippen LogP) is 3.92. The summed E-state index contributed by atoms with van der Waals surface area (Å²) in [6, 6.07) is 17.3. The molecule has 0 spiro atoms. The maximum atomic E-state index is 3.42. The second-order valence-corrected chi connectivity index (χ2v) is 4.99. The molecule has 88 valence electrons. The molecule has 0 amide bonds. The van der Waals surface area contributed by atoms with Crippen molar-refractivity contribution in [3.8, 4) is 11.8 Å². The molecule has 0 radical (unpaired) electrons. The zero-order chi connectivity index (χ0) is 12.6. The molecule has 2 aromatic carbocycles. The van der Waals surface area contributed by atoms with Crippen molar-refractivity contribution in [1.29, 1.82) is 0 Å². The third-order valence-electron chi connectivity index (χ3n) is 3.87. The minimum atomic E-state index is -0.166. The number of benzene rings is 2. The molecule has 1 aliphatic carbocycles. The van der Waals surface area contributed by atoms with Gasteiger partial charge < -0.3 is 0 Å². The molecule has 0 saturated carbocycles. The Morgan fingerprint density at radius 2 is 1.39 bits per heavy atom. The summed E-state index contributed by atoms with van der Waals surface area (Å²) in [6.07, 6.45) is 1.02. The zero-order valence-corrected chi connectivity index (χ0v) is 10.8. The van der Waals surface area contributed by atoms with E-state index in [0.717, 1.165) is 6.42 Å². The fourth-order valence-corrected chi connectivity index (χ4v) is 3.06. The van der Waals surface area contributed by atoms with Gasteiger partial charge >= 0.3 is 0 Å². The van der Waals surface area contributed by atoms with Crippen molar-refractivity contribution in [2.75, 3.05) is 0 Å². The number of fused-ring (bicyclic) bond motifs is 2. The highest BCUT2D eigenvalue weighted by Crippen LogP contribution is 2.40. The first kappa shape index (κ1) is 11.1. The second kappa shape index (κ2) is 4.03. The van der Waals surface area contributed by atoms with Crippen LogP contribution in [0.1, 0.15) is 36.1 Å². The monoisotopic (exact) mass is 232 g/mol. The van der Waals surface area contributed by atoms with Gasteiger partial charge in [-0.1, -0.05) is 54.5 Å². The van der Waals surface area contributed by atoms with Crippen molar-refractivity contribution in [2.45, 2.75) is 25.7 Å². The van der Waals surface area contributed by atoms with Crippen LogP contribution in [0.4, 0.5) is 0 Å². The van der Waals surface area contributed by atoms with Crippen LogP contribution in [-0.2, 0) is 11.8 Å². The predicted molar refractivity (Wildman–Crippen MR) is 75.6 cm³/mol. The lowest BCUT2D eigenvalue weighted by atomic mass is 9.68. The van der Waals surface area contributed by atoms with Gasteiger partial charge in [-0.15, -0.1) is 5.92 Å². The summed E-state index contributed by atoms with van der Waals surface area (Å²) in [4.78, 5) is 0. The molecule has 0 bridgehead atoms. The standard InChI is InChI=1S/C18H16/c1-3-12-18(2)16-10-6-4-8-14(16)13-15-9-5-7-11-17(15)18/h4-11H,13H2,1-2H3. The van der Waals surface area contributed by atoms with Gasteiger partial charge in [0.25, 0.3) is 0 Å². The lowest BCUT2D eigenvalue weighted by Crippen LogP contribution is -2.28. The summed E-state index contributed by atoms with van der Waals surface area (Å²) in [5, 5.41) is 0. The van der Waals surface area contributed by atoms with Crippen molar-refractivity contribution in [3.05, 3.63) is 70.8 Å². The minimum absolute atomic E-state index is 0.166. The smallest absolute Gasteiger partial charge is 0.0789 e. The first-order chi connectivity index (χ1) is 8.75. The molecule has 0 fully saturated rings. The van der Waals surface area contributed by atoms with Crippen LogP contribution in [0.3, 0.4) is 0 Å². The van der Waals surface area contributed by atoms with Gasteiger partial charge in [0.05, 0.1) is 5.41 Å².